The van der Waals surface area contributed by atoms with E-state index in [2.05, 4.69) is 18.6 Å². The number of nitrogens with two attached hydrogens (primary N) is 1. The van der Waals surface area contributed by atoms with Gasteiger partial charge in [0, 0.05) is 18.0 Å². The van der Waals surface area contributed by atoms with Gasteiger partial charge in [-0.3, -0.25) is 0 Å². The van der Waals surface area contributed by atoms with Crippen molar-refractivity contribution in [1.82, 2.24) is 4.72 Å². The Morgan fingerprint density at radius 1 is 1.39 bits per heavy atom. The predicted octanol–water partition coefficient (Wildman–Crippen LogP) is 2.23. The van der Waals surface area contributed by atoms with Gasteiger partial charge in [0.1, 0.15) is 4.90 Å². The van der Waals surface area contributed by atoms with Crippen LogP contribution in [-0.2, 0) is 16.6 Å². The minimum Gasteiger partial charge on any atom is -0.326 e. The Hall–Kier alpha value is -0.430. The molecule has 0 aliphatic heterocycles. The summed E-state index contributed by atoms with van der Waals surface area (Å²) in [5.41, 5.74) is 6.36. The van der Waals surface area contributed by atoms with Crippen molar-refractivity contribution in [2.24, 2.45) is 11.7 Å². The van der Waals surface area contributed by atoms with E-state index in [0.29, 0.717) is 17.4 Å². The van der Waals surface area contributed by atoms with Crippen molar-refractivity contribution in [2.45, 2.75) is 45.1 Å². The average Bonchev–Trinajstić information content (AvgIpc) is 2.72. The minimum absolute atomic E-state index is 0.264. The largest absolute Gasteiger partial charge is 0.326 e. The first-order chi connectivity index (χ1) is 8.46. The fourth-order valence-electron chi connectivity index (χ4n) is 1.87. The lowest BCUT2D eigenvalue weighted by molar-refractivity contribution is 0.478. The number of aryl methyl sites for hydroxylation is 1. The number of hydrogen-bond donors (Lipinski definition) is 2. The molecule has 104 valence electrons. The van der Waals surface area contributed by atoms with Crippen LogP contribution in [0.2, 0.25) is 0 Å². The summed E-state index contributed by atoms with van der Waals surface area (Å²) in [6, 6.07) is 0. The number of sulfonamides is 1. The highest BCUT2D eigenvalue weighted by Gasteiger charge is 2.22. The molecule has 3 N–H and O–H groups in total. The van der Waals surface area contributed by atoms with Crippen molar-refractivity contribution in [3.8, 4) is 0 Å². The summed E-state index contributed by atoms with van der Waals surface area (Å²) < 4.78 is 27.2. The highest BCUT2D eigenvalue weighted by molar-refractivity contribution is 7.89. The maximum Gasteiger partial charge on any atom is 0.241 e. The summed E-state index contributed by atoms with van der Waals surface area (Å²) >= 11 is 1.40. The molecule has 0 saturated carbocycles. The maximum atomic E-state index is 12.3. The molecular formula is C12H22N2O2S2. The van der Waals surface area contributed by atoms with Crippen molar-refractivity contribution in [3.63, 3.8) is 0 Å². The van der Waals surface area contributed by atoms with Gasteiger partial charge in [-0.05, 0) is 23.8 Å². The normalized spacial score (nSPS) is 12.3. The van der Waals surface area contributed by atoms with E-state index in [0.717, 1.165) is 23.3 Å². The SMILES string of the molecule is CCC(CC)CNS(=O)(=O)c1c(C)csc1CN. The maximum absolute atomic E-state index is 12.3. The highest BCUT2D eigenvalue weighted by atomic mass is 32.2. The van der Waals surface area contributed by atoms with Crippen molar-refractivity contribution in [1.29, 1.82) is 0 Å². The fraction of sp³-hybridized carbons (Fsp3) is 0.667. The number of rotatable bonds is 7. The molecule has 1 aromatic rings. The summed E-state index contributed by atoms with van der Waals surface area (Å²) in [5.74, 6) is 0.389. The molecule has 0 spiro atoms. The van der Waals surface area contributed by atoms with Crippen LogP contribution >= 0.6 is 11.3 Å². The lowest BCUT2D eigenvalue weighted by Gasteiger charge is -2.14. The van der Waals surface area contributed by atoms with Gasteiger partial charge >= 0.3 is 0 Å². The Balaban J connectivity index is 2.89. The fourth-order valence-corrected chi connectivity index (χ4v) is 4.68. The number of hydrogen-bond acceptors (Lipinski definition) is 4. The summed E-state index contributed by atoms with van der Waals surface area (Å²) in [6.07, 6.45) is 1.96. The summed E-state index contributed by atoms with van der Waals surface area (Å²) in [6.45, 7) is 6.71. The Bertz CT molecular complexity index is 476. The van der Waals surface area contributed by atoms with Crippen molar-refractivity contribution < 1.29 is 8.42 Å². The van der Waals surface area contributed by atoms with Crippen LogP contribution in [0.15, 0.2) is 10.3 Å². The second-order valence-electron chi connectivity index (χ2n) is 4.41. The second-order valence-corrected chi connectivity index (χ2v) is 7.08. The summed E-state index contributed by atoms with van der Waals surface area (Å²) in [7, 11) is -3.43. The van der Waals surface area contributed by atoms with E-state index < -0.39 is 10.0 Å². The van der Waals surface area contributed by atoms with E-state index in [1.54, 1.807) is 6.92 Å². The van der Waals surface area contributed by atoms with Crippen LogP contribution in [0.3, 0.4) is 0 Å². The van der Waals surface area contributed by atoms with Gasteiger partial charge in [-0.25, -0.2) is 13.1 Å². The first-order valence-corrected chi connectivity index (χ1v) is 8.59. The molecule has 0 aliphatic rings. The molecule has 6 heteroatoms. The molecule has 0 unspecified atom stereocenters. The van der Waals surface area contributed by atoms with Crippen LogP contribution in [0.4, 0.5) is 0 Å². The highest BCUT2D eigenvalue weighted by Crippen LogP contribution is 2.26. The van der Waals surface area contributed by atoms with Crippen LogP contribution in [0.25, 0.3) is 0 Å². The minimum atomic E-state index is -3.43. The molecule has 0 amide bonds. The van der Waals surface area contributed by atoms with Gasteiger partial charge in [0.25, 0.3) is 0 Å². The molecule has 4 nitrogen and oxygen atoms in total. The standard InChI is InChI=1S/C12H22N2O2S2/c1-4-10(5-2)7-14-18(15,16)12-9(3)8-17-11(12)6-13/h8,10,14H,4-7,13H2,1-3H3. The van der Waals surface area contributed by atoms with Gasteiger partial charge in [0.15, 0.2) is 0 Å². The third-order valence-corrected chi connectivity index (χ3v) is 6.07. The van der Waals surface area contributed by atoms with Gasteiger partial charge in [0.2, 0.25) is 10.0 Å². The quantitative estimate of drug-likeness (QED) is 0.809. The van der Waals surface area contributed by atoms with Gasteiger partial charge in [0.05, 0.1) is 0 Å². The van der Waals surface area contributed by atoms with E-state index in [-0.39, 0.29) is 6.54 Å². The molecule has 0 aliphatic carbocycles. The van der Waals surface area contributed by atoms with Crippen LogP contribution < -0.4 is 10.5 Å². The molecule has 0 atom stereocenters. The zero-order valence-corrected chi connectivity index (χ0v) is 12.8. The number of thiophene rings is 1. The predicted molar refractivity (Wildman–Crippen MR) is 76.2 cm³/mol. The molecule has 0 bridgehead atoms. The van der Waals surface area contributed by atoms with Crippen molar-refractivity contribution >= 4 is 21.4 Å². The Morgan fingerprint density at radius 3 is 2.50 bits per heavy atom. The molecule has 1 aromatic heterocycles. The first-order valence-electron chi connectivity index (χ1n) is 6.22. The monoisotopic (exact) mass is 290 g/mol. The van der Waals surface area contributed by atoms with Gasteiger partial charge < -0.3 is 5.73 Å². The Kier molecular flexibility index (Phi) is 5.78. The van der Waals surface area contributed by atoms with Gasteiger partial charge in [-0.1, -0.05) is 26.7 Å². The number of nitrogens with one attached hydrogen (secondary N) is 1. The molecule has 0 aromatic carbocycles. The van der Waals surface area contributed by atoms with Crippen LogP contribution in [0.1, 0.15) is 37.1 Å². The Labute approximate surface area is 114 Å². The van der Waals surface area contributed by atoms with E-state index in [9.17, 15) is 8.42 Å². The molecule has 0 fully saturated rings. The van der Waals surface area contributed by atoms with Crippen molar-refractivity contribution in [3.05, 3.63) is 15.8 Å². The zero-order valence-electron chi connectivity index (χ0n) is 11.2. The van der Waals surface area contributed by atoms with Crippen LogP contribution in [-0.4, -0.2) is 15.0 Å². The van der Waals surface area contributed by atoms with Crippen molar-refractivity contribution in [2.75, 3.05) is 6.54 Å². The van der Waals surface area contributed by atoms with E-state index in [4.69, 9.17) is 5.73 Å². The van der Waals surface area contributed by atoms with Gasteiger partial charge in [-0.2, -0.15) is 0 Å². The molecule has 18 heavy (non-hydrogen) atoms. The molecule has 0 saturated heterocycles. The Morgan fingerprint density at radius 2 is 2.00 bits per heavy atom. The van der Waals surface area contributed by atoms with Crippen LogP contribution in [0.5, 0.6) is 0 Å². The molecular weight excluding hydrogens is 268 g/mol. The lowest BCUT2D eigenvalue weighted by Crippen LogP contribution is -2.30. The first kappa shape index (κ1) is 15.6. The third kappa shape index (κ3) is 3.54. The second kappa shape index (κ2) is 6.65. The smallest absolute Gasteiger partial charge is 0.241 e. The van der Waals surface area contributed by atoms with E-state index in [1.165, 1.54) is 11.3 Å². The van der Waals surface area contributed by atoms with Gasteiger partial charge in [-0.15, -0.1) is 11.3 Å². The summed E-state index contributed by atoms with van der Waals surface area (Å²) in [4.78, 5) is 1.10. The van der Waals surface area contributed by atoms with Crippen LogP contribution in [0, 0.1) is 12.8 Å². The molecule has 0 radical (unpaired) electrons. The average molecular weight is 290 g/mol. The van der Waals surface area contributed by atoms with E-state index in [1.807, 2.05) is 5.38 Å². The topological polar surface area (TPSA) is 72.2 Å². The lowest BCUT2D eigenvalue weighted by atomic mass is 10.0. The molecule has 1 rings (SSSR count). The van der Waals surface area contributed by atoms with E-state index >= 15 is 0 Å². The summed E-state index contributed by atoms with van der Waals surface area (Å²) in [5, 5.41) is 1.84. The zero-order chi connectivity index (χ0) is 13.8. The third-order valence-electron chi connectivity index (χ3n) is 3.16. The molecule has 1 heterocycles.